The van der Waals surface area contributed by atoms with Gasteiger partial charge < -0.3 is 19.9 Å². The standard InChI is InChI=1S/C28H36IN3O2/c1-2-3-7-25-8-4-5-16-31(25)17-6-15-30-27(33)22-11-12-23-20-32(28(34)26(23)18-22)19-21-9-13-24(29)14-10-21/h9-14,18,20,25,34H,2-8,15-17,19H2,1H3,(H,30,33). The van der Waals surface area contributed by atoms with E-state index in [-0.39, 0.29) is 11.8 Å². The van der Waals surface area contributed by atoms with Crippen molar-refractivity contribution in [2.45, 2.75) is 64.5 Å². The van der Waals surface area contributed by atoms with Gasteiger partial charge in [0.05, 0.1) is 6.54 Å². The third kappa shape index (κ3) is 6.33. The predicted octanol–water partition coefficient (Wildman–Crippen LogP) is 6.16. The second kappa shape index (κ2) is 12.1. The number of hydrogen-bond donors (Lipinski definition) is 2. The molecule has 1 aromatic heterocycles. The highest BCUT2D eigenvalue weighted by molar-refractivity contribution is 14.1. The molecule has 1 fully saturated rings. The maximum absolute atomic E-state index is 12.8. The summed E-state index contributed by atoms with van der Waals surface area (Å²) in [7, 11) is 0. The number of unbranched alkanes of at least 4 members (excludes halogenated alkanes) is 1. The Morgan fingerprint density at radius 3 is 2.76 bits per heavy atom. The van der Waals surface area contributed by atoms with E-state index in [9.17, 15) is 9.90 Å². The van der Waals surface area contributed by atoms with Gasteiger partial charge in [-0.3, -0.25) is 4.79 Å². The maximum Gasteiger partial charge on any atom is 0.251 e. The first-order valence-corrected chi connectivity index (χ1v) is 13.7. The van der Waals surface area contributed by atoms with Crippen LogP contribution in [0.2, 0.25) is 0 Å². The van der Waals surface area contributed by atoms with Gasteiger partial charge in [-0.2, -0.15) is 0 Å². The van der Waals surface area contributed by atoms with Gasteiger partial charge in [-0.05, 0) is 84.6 Å². The molecule has 1 aliphatic rings. The molecule has 0 radical (unpaired) electrons. The summed E-state index contributed by atoms with van der Waals surface area (Å²) >= 11 is 2.29. The van der Waals surface area contributed by atoms with Gasteiger partial charge >= 0.3 is 0 Å². The molecule has 0 aliphatic carbocycles. The Bertz CT molecular complexity index is 1090. The normalized spacial score (nSPS) is 16.7. The molecular weight excluding hydrogens is 537 g/mol. The van der Waals surface area contributed by atoms with Gasteiger partial charge in [0, 0.05) is 45.2 Å². The molecule has 2 N–H and O–H groups in total. The lowest BCUT2D eigenvalue weighted by atomic mass is 9.97. The summed E-state index contributed by atoms with van der Waals surface area (Å²) in [4.78, 5) is 15.4. The zero-order valence-corrected chi connectivity index (χ0v) is 22.3. The molecule has 5 nitrogen and oxygen atoms in total. The molecule has 4 rings (SSSR count). The van der Waals surface area contributed by atoms with E-state index in [1.807, 2.05) is 22.9 Å². The number of aromatic hydroxyl groups is 1. The Morgan fingerprint density at radius 2 is 1.97 bits per heavy atom. The second-order valence-corrected chi connectivity index (χ2v) is 10.7. The van der Waals surface area contributed by atoms with Gasteiger partial charge in [-0.25, -0.2) is 0 Å². The van der Waals surface area contributed by atoms with Gasteiger partial charge in [-0.15, -0.1) is 0 Å². The number of hydrogen-bond acceptors (Lipinski definition) is 3. The molecule has 2 aromatic carbocycles. The van der Waals surface area contributed by atoms with E-state index >= 15 is 0 Å². The lowest BCUT2D eigenvalue weighted by Gasteiger charge is -2.36. The van der Waals surface area contributed by atoms with Crippen LogP contribution >= 0.6 is 22.6 Å². The summed E-state index contributed by atoms with van der Waals surface area (Å²) in [6, 6.07) is 14.6. The number of carbonyl (C=O) groups is 1. The van der Waals surface area contributed by atoms with Crippen molar-refractivity contribution in [1.29, 1.82) is 0 Å². The Balaban J connectivity index is 1.32. The molecule has 2 heterocycles. The molecule has 1 saturated heterocycles. The minimum absolute atomic E-state index is 0.0761. The maximum atomic E-state index is 12.8. The first-order chi connectivity index (χ1) is 16.5. The van der Waals surface area contributed by atoms with Crippen molar-refractivity contribution in [3.8, 4) is 5.88 Å². The average molecular weight is 574 g/mol. The summed E-state index contributed by atoms with van der Waals surface area (Å²) in [6.45, 7) is 5.77. The number of benzene rings is 2. The van der Waals surface area contributed by atoms with Crippen molar-refractivity contribution < 1.29 is 9.90 Å². The fourth-order valence-corrected chi connectivity index (χ4v) is 5.36. The average Bonchev–Trinajstić information content (AvgIpc) is 3.16. The SMILES string of the molecule is CCCCC1CCCCN1CCCNC(=O)c1ccc2cn(Cc3ccc(I)cc3)c(O)c2c1. The van der Waals surface area contributed by atoms with Crippen molar-refractivity contribution in [3.05, 3.63) is 63.4 Å². The van der Waals surface area contributed by atoms with Crippen LogP contribution in [-0.2, 0) is 6.54 Å². The van der Waals surface area contributed by atoms with E-state index in [0.717, 1.165) is 30.0 Å². The van der Waals surface area contributed by atoms with Crippen molar-refractivity contribution in [1.82, 2.24) is 14.8 Å². The smallest absolute Gasteiger partial charge is 0.251 e. The molecule has 182 valence electrons. The van der Waals surface area contributed by atoms with Gasteiger partial charge in [0.25, 0.3) is 5.91 Å². The van der Waals surface area contributed by atoms with Crippen molar-refractivity contribution in [2.75, 3.05) is 19.6 Å². The first-order valence-electron chi connectivity index (χ1n) is 12.6. The van der Waals surface area contributed by atoms with Crippen LogP contribution in [0.4, 0.5) is 0 Å². The minimum Gasteiger partial charge on any atom is -0.494 e. The van der Waals surface area contributed by atoms with Gasteiger partial charge in [0.1, 0.15) is 0 Å². The van der Waals surface area contributed by atoms with E-state index < -0.39 is 0 Å². The topological polar surface area (TPSA) is 57.5 Å². The van der Waals surface area contributed by atoms with Crippen molar-refractivity contribution >= 4 is 39.3 Å². The molecule has 6 heteroatoms. The molecule has 3 aromatic rings. The number of likely N-dealkylation sites (tertiary alicyclic amines) is 1. The zero-order chi connectivity index (χ0) is 23.9. The highest BCUT2D eigenvalue weighted by Crippen LogP contribution is 2.29. The molecule has 1 amide bonds. The quantitative estimate of drug-likeness (QED) is 0.226. The van der Waals surface area contributed by atoms with Crippen molar-refractivity contribution in [2.24, 2.45) is 0 Å². The molecule has 1 aliphatic heterocycles. The number of amides is 1. The number of nitrogens with one attached hydrogen (secondary N) is 1. The Labute approximate surface area is 216 Å². The molecule has 0 spiro atoms. The van der Waals surface area contributed by atoms with Crippen LogP contribution < -0.4 is 5.32 Å². The number of fused-ring (bicyclic) bond motifs is 1. The molecule has 34 heavy (non-hydrogen) atoms. The van der Waals surface area contributed by atoms with E-state index in [4.69, 9.17) is 0 Å². The highest BCUT2D eigenvalue weighted by Gasteiger charge is 2.21. The second-order valence-electron chi connectivity index (χ2n) is 9.45. The third-order valence-electron chi connectivity index (χ3n) is 6.94. The van der Waals surface area contributed by atoms with E-state index in [2.05, 4.69) is 64.0 Å². The van der Waals surface area contributed by atoms with Gasteiger partial charge in [0.2, 0.25) is 0 Å². The number of carbonyl (C=O) groups excluding carboxylic acids is 1. The number of rotatable bonds is 10. The number of piperidine rings is 1. The predicted molar refractivity (Wildman–Crippen MR) is 148 cm³/mol. The van der Waals surface area contributed by atoms with E-state index in [1.54, 1.807) is 6.07 Å². The molecule has 1 unspecified atom stereocenters. The molecular formula is C28H36IN3O2. The molecule has 0 saturated carbocycles. The van der Waals surface area contributed by atoms with Gasteiger partial charge in [0.15, 0.2) is 5.88 Å². The van der Waals surface area contributed by atoms with Crippen LogP contribution in [0, 0.1) is 3.57 Å². The van der Waals surface area contributed by atoms with Crippen LogP contribution in [0.25, 0.3) is 10.8 Å². The molecule has 0 bridgehead atoms. The van der Waals surface area contributed by atoms with Crippen LogP contribution in [0.1, 0.15) is 67.8 Å². The number of aromatic nitrogens is 1. The number of halogens is 1. The van der Waals surface area contributed by atoms with Crippen LogP contribution in [0.5, 0.6) is 5.88 Å². The van der Waals surface area contributed by atoms with E-state index in [1.165, 1.54) is 48.6 Å². The third-order valence-corrected chi connectivity index (χ3v) is 7.66. The highest BCUT2D eigenvalue weighted by atomic mass is 127. The Morgan fingerprint density at radius 1 is 1.15 bits per heavy atom. The molecule has 1 atom stereocenters. The first kappa shape index (κ1) is 25.0. The minimum atomic E-state index is -0.0761. The Hall–Kier alpha value is -2.06. The summed E-state index contributed by atoms with van der Waals surface area (Å²) in [5, 5.41) is 15.5. The summed E-state index contributed by atoms with van der Waals surface area (Å²) in [5.41, 5.74) is 1.72. The fourth-order valence-electron chi connectivity index (χ4n) is 5.00. The Kier molecular flexibility index (Phi) is 8.89. The largest absolute Gasteiger partial charge is 0.494 e. The lowest BCUT2D eigenvalue weighted by Crippen LogP contribution is -2.41. The van der Waals surface area contributed by atoms with Crippen LogP contribution in [0.15, 0.2) is 48.7 Å². The van der Waals surface area contributed by atoms with Crippen molar-refractivity contribution in [3.63, 3.8) is 0 Å². The lowest BCUT2D eigenvalue weighted by molar-refractivity contribution is 0.0947. The summed E-state index contributed by atoms with van der Waals surface area (Å²) < 4.78 is 3.02. The van der Waals surface area contributed by atoms with E-state index in [0.29, 0.717) is 24.0 Å². The summed E-state index contributed by atoms with van der Waals surface area (Å²) in [6.07, 6.45) is 10.7. The zero-order valence-electron chi connectivity index (χ0n) is 20.1. The monoisotopic (exact) mass is 573 g/mol. The van der Waals surface area contributed by atoms with Gasteiger partial charge in [-0.1, -0.05) is 44.4 Å². The van der Waals surface area contributed by atoms with Crippen LogP contribution in [-0.4, -0.2) is 46.2 Å². The number of nitrogens with zero attached hydrogens (tertiary/aromatic N) is 2. The summed E-state index contributed by atoms with van der Waals surface area (Å²) in [5.74, 6) is 0.124. The fraction of sp³-hybridized carbons (Fsp3) is 0.464. The van der Waals surface area contributed by atoms with Crippen LogP contribution in [0.3, 0.4) is 0 Å².